The highest BCUT2D eigenvalue weighted by Crippen LogP contribution is 2.29. The average molecular weight is 374 g/mol. The molecule has 0 bridgehead atoms. The summed E-state index contributed by atoms with van der Waals surface area (Å²) in [5.74, 6) is -2.62. The molecule has 0 aliphatic carbocycles. The number of esters is 1. The molecule has 0 atom stereocenters. The molecular formula is C14H9ClFNO6S. The molecule has 10 heteroatoms. The second kappa shape index (κ2) is 6.54. The molecule has 2 rings (SSSR count). The van der Waals surface area contributed by atoms with Crippen molar-refractivity contribution in [2.75, 3.05) is 6.26 Å². The van der Waals surface area contributed by atoms with Crippen LogP contribution in [0.15, 0.2) is 41.3 Å². The van der Waals surface area contributed by atoms with Crippen molar-refractivity contribution in [3.05, 3.63) is 62.9 Å². The number of ether oxygens (including phenoxy) is 1. The summed E-state index contributed by atoms with van der Waals surface area (Å²) in [4.78, 5) is 22.0. The van der Waals surface area contributed by atoms with E-state index >= 15 is 0 Å². The van der Waals surface area contributed by atoms with Crippen molar-refractivity contribution in [3.8, 4) is 5.75 Å². The topological polar surface area (TPSA) is 104 Å². The maximum absolute atomic E-state index is 13.2. The van der Waals surface area contributed by atoms with E-state index in [9.17, 15) is 27.7 Å². The highest BCUT2D eigenvalue weighted by atomic mass is 35.5. The number of hydrogen-bond donors (Lipinski definition) is 0. The number of hydrogen-bond acceptors (Lipinski definition) is 6. The van der Waals surface area contributed by atoms with Gasteiger partial charge in [-0.25, -0.2) is 17.6 Å². The number of nitro groups is 1. The minimum atomic E-state index is -3.61. The predicted octanol–water partition coefficient (Wildman–Crippen LogP) is 3.01. The van der Waals surface area contributed by atoms with E-state index in [-0.39, 0.29) is 15.5 Å². The summed E-state index contributed by atoms with van der Waals surface area (Å²) >= 11 is 5.84. The molecule has 0 N–H and O–H groups in total. The fourth-order valence-electron chi connectivity index (χ4n) is 1.77. The van der Waals surface area contributed by atoms with Gasteiger partial charge in [-0.2, -0.15) is 0 Å². The van der Waals surface area contributed by atoms with Crippen LogP contribution >= 0.6 is 11.6 Å². The standard InChI is InChI=1S/C14H9ClFNO6S/c1-24(21,22)9-3-4-11(15)10(7-9)14(18)23-13-6-8(16)2-5-12(13)17(19)20/h2-7H,1H3. The van der Waals surface area contributed by atoms with Crippen LogP contribution < -0.4 is 4.74 Å². The van der Waals surface area contributed by atoms with Gasteiger partial charge in [0.15, 0.2) is 9.84 Å². The van der Waals surface area contributed by atoms with Gasteiger partial charge in [-0.15, -0.1) is 0 Å². The molecule has 0 saturated heterocycles. The van der Waals surface area contributed by atoms with Gasteiger partial charge in [0.1, 0.15) is 5.82 Å². The SMILES string of the molecule is CS(=O)(=O)c1ccc(Cl)c(C(=O)Oc2cc(F)ccc2[N+](=O)[O-])c1. The third kappa shape index (κ3) is 3.87. The molecule has 0 aromatic heterocycles. The van der Waals surface area contributed by atoms with Crippen molar-refractivity contribution in [2.45, 2.75) is 4.90 Å². The van der Waals surface area contributed by atoms with Crippen LogP contribution in [-0.4, -0.2) is 25.6 Å². The molecule has 2 aromatic rings. The number of carbonyl (C=O) groups excluding carboxylic acids is 1. The molecule has 7 nitrogen and oxygen atoms in total. The maximum atomic E-state index is 13.2. The first-order valence-corrected chi connectivity index (χ1v) is 8.52. The number of sulfone groups is 1. The molecule has 0 radical (unpaired) electrons. The summed E-state index contributed by atoms with van der Waals surface area (Å²) in [6.45, 7) is 0. The summed E-state index contributed by atoms with van der Waals surface area (Å²) < 4.78 is 41.1. The summed E-state index contributed by atoms with van der Waals surface area (Å²) in [7, 11) is -3.61. The van der Waals surface area contributed by atoms with Gasteiger partial charge in [-0.3, -0.25) is 10.1 Å². The van der Waals surface area contributed by atoms with E-state index in [0.29, 0.717) is 6.07 Å². The quantitative estimate of drug-likeness (QED) is 0.353. The summed E-state index contributed by atoms with van der Waals surface area (Å²) in [6.07, 6.45) is 0.933. The second-order valence-electron chi connectivity index (χ2n) is 4.67. The maximum Gasteiger partial charge on any atom is 0.345 e. The van der Waals surface area contributed by atoms with Gasteiger partial charge in [-0.1, -0.05) is 11.6 Å². The third-order valence-electron chi connectivity index (χ3n) is 2.91. The Morgan fingerprint density at radius 1 is 1.25 bits per heavy atom. The Labute approximate surface area is 140 Å². The summed E-state index contributed by atoms with van der Waals surface area (Å²) in [5.41, 5.74) is -0.946. The van der Waals surface area contributed by atoms with E-state index in [0.717, 1.165) is 24.5 Å². The molecule has 0 saturated carbocycles. The first-order chi connectivity index (χ1) is 11.1. The van der Waals surface area contributed by atoms with Crippen molar-refractivity contribution in [3.63, 3.8) is 0 Å². The van der Waals surface area contributed by atoms with Crippen LogP contribution in [0.4, 0.5) is 10.1 Å². The number of nitro benzene ring substituents is 1. The van der Waals surface area contributed by atoms with E-state index in [1.807, 2.05) is 0 Å². The Hall–Kier alpha value is -2.52. The average Bonchev–Trinajstić information content (AvgIpc) is 2.46. The molecule has 126 valence electrons. The molecule has 0 aliphatic heterocycles. The Morgan fingerprint density at radius 3 is 2.50 bits per heavy atom. The van der Waals surface area contributed by atoms with Gasteiger partial charge in [0.2, 0.25) is 5.75 Å². The lowest BCUT2D eigenvalue weighted by Crippen LogP contribution is -2.12. The molecule has 0 fully saturated rings. The van der Waals surface area contributed by atoms with Crippen LogP contribution in [0.5, 0.6) is 5.75 Å². The Kier molecular flexibility index (Phi) is 4.86. The molecule has 0 unspecified atom stereocenters. The van der Waals surface area contributed by atoms with Gasteiger partial charge < -0.3 is 4.74 Å². The van der Waals surface area contributed by atoms with Crippen LogP contribution in [-0.2, 0) is 9.84 Å². The molecular weight excluding hydrogens is 365 g/mol. The minimum absolute atomic E-state index is 0.119. The highest BCUT2D eigenvalue weighted by molar-refractivity contribution is 7.90. The third-order valence-corrected chi connectivity index (χ3v) is 4.35. The van der Waals surface area contributed by atoms with Gasteiger partial charge in [0.25, 0.3) is 0 Å². The lowest BCUT2D eigenvalue weighted by Gasteiger charge is -2.08. The largest absolute Gasteiger partial charge is 0.415 e. The van der Waals surface area contributed by atoms with E-state index < -0.39 is 38.0 Å². The number of halogens is 2. The molecule has 0 amide bonds. The Balaban J connectivity index is 2.45. The predicted molar refractivity (Wildman–Crippen MR) is 82.6 cm³/mol. The van der Waals surface area contributed by atoms with Crippen LogP contribution in [0.25, 0.3) is 0 Å². The van der Waals surface area contributed by atoms with Crippen molar-refractivity contribution in [1.82, 2.24) is 0 Å². The van der Waals surface area contributed by atoms with E-state index in [4.69, 9.17) is 16.3 Å². The molecule has 0 spiro atoms. The fourth-order valence-corrected chi connectivity index (χ4v) is 2.61. The zero-order chi connectivity index (χ0) is 18.1. The van der Waals surface area contributed by atoms with Crippen molar-refractivity contribution in [1.29, 1.82) is 0 Å². The van der Waals surface area contributed by atoms with Crippen LogP contribution in [0.1, 0.15) is 10.4 Å². The zero-order valence-electron chi connectivity index (χ0n) is 12.0. The van der Waals surface area contributed by atoms with E-state index in [2.05, 4.69) is 0 Å². The molecule has 0 heterocycles. The smallest absolute Gasteiger partial charge is 0.345 e. The number of benzene rings is 2. The summed E-state index contributed by atoms with van der Waals surface area (Å²) in [5, 5.41) is 10.8. The minimum Gasteiger partial charge on any atom is -0.415 e. The monoisotopic (exact) mass is 373 g/mol. The van der Waals surface area contributed by atoms with Crippen LogP contribution in [0.3, 0.4) is 0 Å². The number of carbonyl (C=O) groups is 1. The zero-order valence-corrected chi connectivity index (χ0v) is 13.6. The lowest BCUT2D eigenvalue weighted by atomic mass is 10.2. The summed E-state index contributed by atoms with van der Waals surface area (Å²) in [6, 6.07) is 5.70. The first-order valence-electron chi connectivity index (χ1n) is 6.25. The van der Waals surface area contributed by atoms with E-state index in [1.165, 1.54) is 12.1 Å². The van der Waals surface area contributed by atoms with Crippen molar-refractivity contribution in [2.24, 2.45) is 0 Å². The molecule has 2 aromatic carbocycles. The van der Waals surface area contributed by atoms with E-state index in [1.54, 1.807) is 0 Å². The highest BCUT2D eigenvalue weighted by Gasteiger charge is 2.22. The lowest BCUT2D eigenvalue weighted by molar-refractivity contribution is -0.385. The van der Waals surface area contributed by atoms with Gasteiger partial charge in [-0.05, 0) is 24.3 Å². The van der Waals surface area contributed by atoms with Gasteiger partial charge in [0, 0.05) is 18.4 Å². The van der Waals surface area contributed by atoms with Gasteiger partial charge >= 0.3 is 11.7 Å². The van der Waals surface area contributed by atoms with Crippen LogP contribution in [0, 0.1) is 15.9 Å². The van der Waals surface area contributed by atoms with Crippen LogP contribution in [0.2, 0.25) is 5.02 Å². The Morgan fingerprint density at radius 2 is 1.92 bits per heavy atom. The van der Waals surface area contributed by atoms with Crippen molar-refractivity contribution < 1.29 is 27.3 Å². The van der Waals surface area contributed by atoms with Crippen molar-refractivity contribution >= 4 is 33.1 Å². The van der Waals surface area contributed by atoms with Gasteiger partial charge in [0.05, 0.1) is 20.4 Å². The number of rotatable bonds is 4. The first kappa shape index (κ1) is 17.8. The second-order valence-corrected chi connectivity index (χ2v) is 7.10. The Bertz CT molecular complexity index is 944. The molecule has 0 aliphatic rings. The fraction of sp³-hybridized carbons (Fsp3) is 0.0714. The molecule has 24 heavy (non-hydrogen) atoms. The normalized spacial score (nSPS) is 11.1. The number of nitrogens with zero attached hydrogens (tertiary/aromatic N) is 1.